The molecule has 2 saturated heterocycles. The number of methoxy groups -OCH3 is 1. The fraction of sp³-hybridized carbons (Fsp3) is 0.295. The molecule has 3 heterocycles. The number of hydrogen-bond donors (Lipinski definition) is 2. The van der Waals surface area contributed by atoms with Gasteiger partial charge in [0.1, 0.15) is 17.1 Å². The number of benzene rings is 4. The average Bonchev–Trinajstić information content (AvgIpc) is 3.69. The molecule has 2 N–H and O–H groups in total. The van der Waals surface area contributed by atoms with E-state index in [0.29, 0.717) is 57.1 Å². The van der Waals surface area contributed by atoms with E-state index in [4.69, 9.17) is 26.2 Å². The Kier molecular flexibility index (Phi) is 13.2. The lowest BCUT2D eigenvalue weighted by atomic mass is 9.85. The summed E-state index contributed by atoms with van der Waals surface area (Å²) in [5, 5.41) is 12.9. The number of hydrogen-bond acceptors (Lipinski definition) is 9. The fourth-order valence-corrected chi connectivity index (χ4v) is 7.68. The van der Waals surface area contributed by atoms with Gasteiger partial charge in [-0.2, -0.15) is 0 Å². The second-order valence-corrected chi connectivity index (χ2v) is 14.6. The van der Waals surface area contributed by atoms with Crippen molar-refractivity contribution in [1.82, 2.24) is 14.8 Å². The third-order valence-corrected chi connectivity index (χ3v) is 10.9. The summed E-state index contributed by atoms with van der Waals surface area (Å²) in [4.78, 5) is 65.4. The van der Waals surface area contributed by atoms with Crippen LogP contribution in [-0.2, 0) is 25.5 Å². The number of ketones is 1. The predicted molar refractivity (Wildman–Crippen MR) is 217 cm³/mol. The first kappa shape index (κ1) is 41.6. The van der Waals surface area contributed by atoms with Crippen molar-refractivity contribution in [1.29, 1.82) is 0 Å². The molecule has 0 saturated carbocycles. The molecule has 0 bridgehead atoms. The van der Waals surface area contributed by atoms with Crippen molar-refractivity contribution in [3.05, 3.63) is 130 Å². The smallest absolute Gasteiger partial charge is 0.341 e. The van der Waals surface area contributed by atoms with Crippen LogP contribution in [0.5, 0.6) is 5.75 Å². The highest BCUT2D eigenvalue weighted by molar-refractivity contribution is 6.30. The number of Topliss-reactive ketones (excluding diaryl/α,β-unsaturated/α-hetero) is 1. The maximum atomic E-state index is 13.2. The third kappa shape index (κ3) is 9.38. The SMILES string of the molecule is COc1ccc2c(c1)c(CC(=O)OCC(=O)O)c(C)n2C(=O)c1ccc(Cl)cc1.O=C(CCCN1CCC2(CC1)C(=O)NCN2c1ccccc1)c1ccc(F)cc1. The molecule has 5 aromatic rings. The van der Waals surface area contributed by atoms with E-state index in [-0.39, 0.29) is 29.8 Å². The lowest BCUT2D eigenvalue weighted by Gasteiger charge is -2.43. The Morgan fingerprint density at radius 2 is 1.59 bits per heavy atom. The van der Waals surface area contributed by atoms with E-state index in [0.717, 1.165) is 44.6 Å². The minimum atomic E-state index is -1.24. The second kappa shape index (κ2) is 18.5. The van der Waals surface area contributed by atoms with Gasteiger partial charge in [0, 0.05) is 52.4 Å². The van der Waals surface area contributed by atoms with Gasteiger partial charge >= 0.3 is 11.9 Å². The zero-order valence-corrected chi connectivity index (χ0v) is 33.0. The summed E-state index contributed by atoms with van der Waals surface area (Å²) < 4.78 is 24.5. The summed E-state index contributed by atoms with van der Waals surface area (Å²) in [6, 6.07) is 27.5. The zero-order chi connectivity index (χ0) is 41.4. The van der Waals surface area contributed by atoms with Crippen LogP contribution in [0.4, 0.5) is 10.1 Å². The van der Waals surface area contributed by atoms with Crippen LogP contribution in [0, 0.1) is 12.7 Å². The third-order valence-electron chi connectivity index (χ3n) is 10.6. The van der Waals surface area contributed by atoms with Crippen LogP contribution < -0.4 is 15.0 Å². The highest BCUT2D eigenvalue weighted by Crippen LogP contribution is 2.36. The van der Waals surface area contributed by atoms with Gasteiger partial charge in [0.05, 0.1) is 25.7 Å². The quantitative estimate of drug-likeness (QED) is 0.103. The number of carboxylic acid groups (broad SMARTS) is 1. The molecule has 1 amide bonds. The van der Waals surface area contributed by atoms with Gasteiger partial charge in [0.2, 0.25) is 5.91 Å². The van der Waals surface area contributed by atoms with Crippen LogP contribution in [-0.4, -0.2) is 89.7 Å². The number of ether oxygens (including phenoxy) is 2. The molecule has 2 aliphatic heterocycles. The lowest BCUT2D eigenvalue weighted by Crippen LogP contribution is -2.56. The highest BCUT2D eigenvalue weighted by Gasteiger charge is 2.50. The molecule has 58 heavy (non-hydrogen) atoms. The number of nitrogens with one attached hydrogen (secondary N) is 1. The van der Waals surface area contributed by atoms with Crippen LogP contribution in [0.2, 0.25) is 5.02 Å². The van der Waals surface area contributed by atoms with Crippen molar-refractivity contribution in [3.8, 4) is 5.75 Å². The molecule has 0 unspecified atom stereocenters. The predicted octanol–water partition coefficient (Wildman–Crippen LogP) is 6.69. The molecule has 14 heteroatoms. The normalized spacial score (nSPS) is 14.8. The molecule has 12 nitrogen and oxygen atoms in total. The van der Waals surface area contributed by atoms with E-state index < -0.39 is 24.1 Å². The van der Waals surface area contributed by atoms with E-state index >= 15 is 0 Å². The number of nitrogens with zero attached hydrogens (tertiary/aromatic N) is 3. The number of halogens is 2. The molecular weight excluding hydrogens is 767 g/mol. The largest absolute Gasteiger partial charge is 0.497 e. The van der Waals surface area contributed by atoms with Crippen molar-refractivity contribution in [2.24, 2.45) is 0 Å². The summed E-state index contributed by atoms with van der Waals surface area (Å²) in [5.41, 5.74) is 3.32. The van der Waals surface area contributed by atoms with Crippen molar-refractivity contribution in [3.63, 3.8) is 0 Å². The van der Waals surface area contributed by atoms with Crippen LogP contribution in [0.15, 0.2) is 97.1 Å². The maximum absolute atomic E-state index is 13.2. The summed E-state index contributed by atoms with van der Waals surface area (Å²) in [5.74, 6) is -1.82. The maximum Gasteiger partial charge on any atom is 0.341 e. The summed E-state index contributed by atoms with van der Waals surface area (Å²) in [6.07, 6.45) is 2.59. The van der Waals surface area contributed by atoms with Crippen LogP contribution >= 0.6 is 11.6 Å². The van der Waals surface area contributed by atoms with Crippen molar-refractivity contribution in [2.75, 3.05) is 44.9 Å². The number of rotatable bonds is 12. The summed E-state index contributed by atoms with van der Waals surface area (Å²) >= 11 is 5.91. The molecule has 0 aliphatic carbocycles. The van der Waals surface area contributed by atoms with Gasteiger partial charge in [-0.25, -0.2) is 9.18 Å². The van der Waals surface area contributed by atoms with Gasteiger partial charge in [-0.15, -0.1) is 0 Å². The first-order valence-corrected chi connectivity index (χ1v) is 19.3. The van der Waals surface area contributed by atoms with Crippen LogP contribution in [0.25, 0.3) is 10.9 Å². The number of esters is 1. The summed E-state index contributed by atoms with van der Waals surface area (Å²) in [7, 11) is 1.52. The molecule has 1 spiro atoms. The van der Waals surface area contributed by atoms with Crippen molar-refractivity contribution >= 4 is 57.7 Å². The van der Waals surface area contributed by atoms with Gasteiger partial charge in [-0.3, -0.25) is 23.7 Å². The fourth-order valence-electron chi connectivity index (χ4n) is 7.56. The van der Waals surface area contributed by atoms with Gasteiger partial charge in [-0.05, 0) is 117 Å². The Hall–Kier alpha value is -6.05. The number of piperidine rings is 1. The minimum Gasteiger partial charge on any atom is -0.497 e. The molecule has 4 aromatic carbocycles. The van der Waals surface area contributed by atoms with Crippen molar-refractivity contribution in [2.45, 2.75) is 44.6 Å². The zero-order valence-electron chi connectivity index (χ0n) is 32.2. The second-order valence-electron chi connectivity index (χ2n) is 14.2. The summed E-state index contributed by atoms with van der Waals surface area (Å²) in [6.45, 7) is 4.05. The van der Waals surface area contributed by atoms with Crippen molar-refractivity contribution < 1.29 is 42.9 Å². The first-order valence-electron chi connectivity index (χ1n) is 18.9. The number of fused-ring (bicyclic) bond motifs is 1. The molecule has 7 rings (SSSR count). The Morgan fingerprint density at radius 1 is 0.914 bits per heavy atom. The Labute approximate surface area is 340 Å². The number of anilines is 1. The number of likely N-dealkylation sites (tertiary alicyclic amines) is 1. The first-order chi connectivity index (χ1) is 27.9. The van der Waals surface area contributed by atoms with Crippen LogP contribution in [0.3, 0.4) is 0 Å². The van der Waals surface area contributed by atoms with E-state index in [9.17, 15) is 28.4 Å². The number of para-hydroxylation sites is 1. The number of aliphatic carboxylic acids is 1. The number of carbonyl (C=O) groups is 5. The van der Waals surface area contributed by atoms with E-state index in [1.165, 1.54) is 23.8 Å². The Bertz CT molecular complexity index is 2290. The lowest BCUT2D eigenvalue weighted by molar-refractivity contribution is -0.154. The number of amides is 1. The molecular formula is C44H44ClFN4O8. The van der Waals surface area contributed by atoms with E-state index in [2.05, 4.69) is 27.2 Å². The number of aromatic nitrogens is 1. The van der Waals surface area contributed by atoms with E-state index in [1.807, 2.05) is 18.2 Å². The van der Waals surface area contributed by atoms with Gasteiger partial charge in [0.15, 0.2) is 12.4 Å². The van der Waals surface area contributed by atoms with Gasteiger partial charge in [-0.1, -0.05) is 29.8 Å². The molecule has 0 radical (unpaired) electrons. The van der Waals surface area contributed by atoms with Crippen LogP contribution in [0.1, 0.15) is 57.7 Å². The van der Waals surface area contributed by atoms with E-state index in [1.54, 1.807) is 61.5 Å². The average molecular weight is 811 g/mol. The van der Waals surface area contributed by atoms with Gasteiger partial charge in [0.25, 0.3) is 5.91 Å². The monoisotopic (exact) mass is 810 g/mol. The molecule has 302 valence electrons. The van der Waals surface area contributed by atoms with Gasteiger partial charge < -0.3 is 29.7 Å². The molecule has 2 fully saturated rings. The number of carboxylic acids is 1. The standard InChI is InChI=1S/C23H26FN3O2.C21H18ClNO6/c24-19-10-8-18(9-11-19)21(28)7-4-14-26-15-12-23(13-16-26)22(29)25-17-27(23)20-5-2-1-3-6-20;1-12-16(10-20(26)29-11-19(24)25)17-9-15(28-2)7-8-18(17)23(12)21(27)13-3-5-14(22)6-4-13/h1-3,5-6,8-11H,4,7,12-17H2,(H,25,29);3-9H,10-11H2,1-2H3,(H,24,25). The topological polar surface area (TPSA) is 147 Å². The molecule has 2 aliphatic rings. The molecule has 1 aromatic heterocycles. The number of carbonyl (C=O) groups excluding carboxylic acids is 4. The highest BCUT2D eigenvalue weighted by atomic mass is 35.5. The minimum absolute atomic E-state index is 0.0453. The Balaban J connectivity index is 0.000000196. The Morgan fingerprint density at radius 3 is 2.24 bits per heavy atom. The molecule has 0 atom stereocenters.